The number of anilines is 1. The highest BCUT2D eigenvalue weighted by molar-refractivity contribution is 7.15. The molecule has 1 aliphatic carbocycles. The number of rotatable bonds is 3. The smallest absolute Gasteiger partial charge is 0.321 e. The van der Waals surface area contributed by atoms with Crippen molar-refractivity contribution in [2.45, 2.75) is 38.6 Å². The van der Waals surface area contributed by atoms with Crippen molar-refractivity contribution >= 4 is 34.1 Å². The number of halogens is 1. The zero-order chi connectivity index (χ0) is 15.5. The van der Waals surface area contributed by atoms with Crippen molar-refractivity contribution in [1.82, 2.24) is 10.3 Å². The lowest BCUT2D eigenvalue weighted by molar-refractivity contribution is 0.249. The van der Waals surface area contributed by atoms with Crippen LogP contribution in [0.3, 0.4) is 0 Å². The number of benzene rings is 1. The van der Waals surface area contributed by atoms with Gasteiger partial charge in [0, 0.05) is 9.90 Å². The second kappa shape index (κ2) is 6.67. The molecule has 6 heteroatoms. The highest BCUT2D eigenvalue weighted by Crippen LogP contribution is 2.29. The Morgan fingerprint density at radius 1 is 1.32 bits per heavy atom. The van der Waals surface area contributed by atoms with Gasteiger partial charge in [-0.2, -0.15) is 0 Å². The number of nitrogens with one attached hydrogen (secondary N) is 2. The van der Waals surface area contributed by atoms with E-state index in [4.69, 9.17) is 11.6 Å². The molecule has 1 aromatic carbocycles. The molecule has 1 aliphatic rings. The Bertz CT molecular complexity index is 662. The summed E-state index contributed by atoms with van der Waals surface area (Å²) in [5.41, 5.74) is 2.04. The predicted octanol–water partition coefficient (Wildman–Crippen LogP) is 4.56. The van der Waals surface area contributed by atoms with E-state index in [1.54, 1.807) is 11.3 Å². The lowest BCUT2D eigenvalue weighted by atomic mass is 10.0. The molecule has 116 valence electrons. The first-order valence-corrected chi connectivity index (χ1v) is 8.63. The molecule has 0 bridgehead atoms. The Morgan fingerprint density at radius 2 is 2.09 bits per heavy atom. The number of carbonyl (C=O) groups is 1. The summed E-state index contributed by atoms with van der Waals surface area (Å²) in [6.45, 7) is 1.91. The van der Waals surface area contributed by atoms with Gasteiger partial charge < -0.3 is 5.32 Å². The number of urea groups is 1. The van der Waals surface area contributed by atoms with Crippen molar-refractivity contribution in [1.29, 1.82) is 0 Å². The zero-order valence-corrected chi connectivity index (χ0v) is 13.9. The molecule has 4 nitrogen and oxygen atoms in total. The summed E-state index contributed by atoms with van der Waals surface area (Å²) in [6.07, 6.45) is 4.49. The van der Waals surface area contributed by atoms with Crippen LogP contribution in [0.5, 0.6) is 0 Å². The largest absolute Gasteiger partial charge is 0.331 e. The predicted molar refractivity (Wildman–Crippen MR) is 90.8 cm³/mol. The maximum atomic E-state index is 12.1. The van der Waals surface area contributed by atoms with Crippen molar-refractivity contribution in [3.63, 3.8) is 0 Å². The summed E-state index contributed by atoms with van der Waals surface area (Å²) >= 11 is 7.73. The summed E-state index contributed by atoms with van der Waals surface area (Å²) in [5.74, 6) is 0. The topological polar surface area (TPSA) is 54.0 Å². The molecule has 1 unspecified atom stereocenters. The number of nitrogens with zero attached hydrogens (tertiary/aromatic N) is 1. The summed E-state index contributed by atoms with van der Waals surface area (Å²) < 4.78 is 0. The van der Waals surface area contributed by atoms with Crippen LogP contribution in [0.1, 0.15) is 41.9 Å². The number of hydrogen-bond acceptors (Lipinski definition) is 3. The molecule has 1 atom stereocenters. The van der Waals surface area contributed by atoms with Crippen molar-refractivity contribution in [3.8, 4) is 0 Å². The fraction of sp³-hybridized carbons (Fsp3) is 0.375. The molecule has 2 aromatic rings. The lowest BCUT2D eigenvalue weighted by Gasteiger charge is -2.15. The third-order valence-electron chi connectivity index (χ3n) is 3.79. The second-order valence-corrected chi connectivity index (χ2v) is 6.93. The molecule has 0 aliphatic heterocycles. The van der Waals surface area contributed by atoms with Crippen LogP contribution in [0.15, 0.2) is 24.3 Å². The van der Waals surface area contributed by atoms with Crippen LogP contribution in [0, 0.1) is 0 Å². The average Bonchev–Trinajstić information content (AvgIpc) is 2.89. The number of aryl methyl sites for hydroxylation is 2. The van der Waals surface area contributed by atoms with Crippen LogP contribution in [-0.4, -0.2) is 11.0 Å². The fourth-order valence-corrected chi connectivity index (χ4v) is 3.98. The standard InChI is InChI=1S/C16H18ClN3OS/c1-10(11-6-2-3-7-12(11)17)18-15(21)20-16-19-13-8-4-5-9-14(13)22-16/h2-3,6-7,10H,4-5,8-9H2,1H3,(H2,18,19,20,21). The molecule has 0 fully saturated rings. The van der Waals surface area contributed by atoms with Gasteiger partial charge in [0.25, 0.3) is 0 Å². The maximum Gasteiger partial charge on any atom is 0.321 e. The average molecular weight is 336 g/mol. The Hall–Kier alpha value is -1.59. The van der Waals surface area contributed by atoms with Gasteiger partial charge in [0.15, 0.2) is 5.13 Å². The van der Waals surface area contributed by atoms with Gasteiger partial charge in [-0.25, -0.2) is 9.78 Å². The van der Waals surface area contributed by atoms with E-state index in [2.05, 4.69) is 15.6 Å². The normalized spacial score (nSPS) is 15.0. The molecule has 2 amide bonds. The minimum absolute atomic E-state index is 0.164. The SMILES string of the molecule is CC(NC(=O)Nc1nc2c(s1)CCCC2)c1ccccc1Cl. The number of thiazole rings is 1. The van der Waals surface area contributed by atoms with Gasteiger partial charge in [0.2, 0.25) is 0 Å². The van der Waals surface area contributed by atoms with Crippen LogP contribution in [-0.2, 0) is 12.8 Å². The third-order valence-corrected chi connectivity index (χ3v) is 5.20. The minimum atomic E-state index is -0.251. The van der Waals surface area contributed by atoms with Crippen LogP contribution >= 0.6 is 22.9 Å². The molecule has 1 aromatic heterocycles. The first-order chi connectivity index (χ1) is 10.6. The summed E-state index contributed by atoms with van der Waals surface area (Å²) in [7, 11) is 0. The van der Waals surface area contributed by atoms with E-state index in [0.29, 0.717) is 10.2 Å². The van der Waals surface area contributed by atoms with E-state index in [0.717, 1.165) is 24.1 Å². The number of aromatic nitrogens is 1. The van der Waals surface area contributed by atoms with Gasteiger partial charge in [0.05, 0.1) is 11.7 Å². The van der Waals surface area contributed by atoms with Crippen LogP contribution in [0.4, 0.5) is 9.93 Å². The van der Waals surface area contributed by atoms with Crippen LogP contribution in [0.2, 0.25) is 5.02 Å². The van der Waals surface area contributed by atoms with E-state index in [1.807, 2.05) is 31.2 Å². The van der Waals surface area contributed by atoms with Gasteiger partial charge >= 0.3 is 6.03 Å². The Labute approximate surface area is 138 Å². The van der Waals surface area contributed by atoms with E-state index in [1.165, 1.54) is 17.7 Å². The van der Waals surface area contributed by atoms with Crippen LogP contribution < -0.4 is 10.6 Å². The summed E-state index contributed by atoms with van der Waals surface area (Å²) in [6, 6.07) is 7.10. The van der Waals surface area contributed by atoms with Gasteiger partial charge in [0.1, 0.15) is 0 Å². The molecule has 1 heterocycles. The van der Waals surface area contributed by atoms with E-state index < -0.39 is 0 Å². The third kappa shape index (κ3) is 3.42. The van der Waals surface area contributed by atoms with Crippen molar-refractivity contribution in [3.05, 3.63) is 45.4 Å². The molecule has 0 saturated carbocycles. The van der Waals surface area contributed by atoms with Gasteiger partial charge in [-0.15, -0.1) is 11.3 Å². The van der Waals surface area contributed by atoms with Gasteiger partial charge in [-0.1, -0.05) is 29.8 Å². The first-order valence-electron chi connectivity index (χ1n) is 7.44. The Morgan fingerprint density at radius 3 is 2.86 bits per heavy atom. The molecular weight excluding hydrogens is 318 g/mol. The number of amides is 2. The van der Waals surface area contributed by atoms with E-state index in [9.17, 15) is 4.79 Å². The van der Waals surface area contributed by atoms with Crippen LogP contribution in [0.25, 0.3) is 0 Å². The highest BCUT2D eigenvalue weighted by Gasteiger charge is 2.17. The number of fused-ring (bicyclic) bond motifs is 1. The molecule has 0 spiro atoms. The molecule has 2 N–H and O–H groups in total. The van der Waals surface area contributed by atoms with Crippen molar-refractivity contribution < 1.29 is 4.79 Å². The number of hydrogen-bond donors (Lipinski definition) is 2. The molecule has 0 radical (unpaired) electrons. The summed E-state index contributed by atoms with van der Waals surface area (Å²) in [4.78, 5) is 17.9. The Kier molecular flexibility index (Phi) is 4.64. The van der Waals surface area contributed by atoms with Crippen molar-refractivity contribution in [2.24, 2.45) is 0 Å². The lowest BCUT2D eigenvalue weighted by Crippen LogP contribution is -2.31. The molecule has 22 heavy (non-hydrogen) atoms. The summed E-state index contributed by atoms with van der Waals surface area (Å²) in [5, 5.41) is 7.06. The maximum absolute atomic E-state index is 12.1. The number of carbonyl (C=O) groups excluding carboxylic acids is 1. The first kappa shape index (κ1) is 15.3. The molecule has 3 rings (SSSR count). The second-order valence-electron chi connectivity index (χ2n) is 5.44. The van der Waals surface area contributed by atoms with E-state index >= 15 is 0 Å². The quantitative estimate of drug-likeness (QED) is 0.864. The molecular formula is C16H18ClN3OS. The Balaban J connectivity index is 1.63. The zero-order valence-electron chi connectivity index (χ0n) is 12.4. The van der Waals surface area contributed by atoms with E-state index in [-0.39, 0.29) is 12.1 Å². The van der Waals surface area contributed by atoms with Gasteiger partial charge in [-0.3, -0.25) is 5.32 Å². The van der Waals surface area contributed by atoms with Crippen molar-refractivity contribution in [2.75, 3.05) is 5.32 Å². The fourth-order valence-electron chi connectivity index (χ4n) is 2.64. The monoisotopic (exact) mass is 335 g/mol. The van der Waals surface area contributed by atoms with Gasteiger partial charge in [-0.05, 0) is 44.2 Å². The molecule has 0 saturated heterocycles. The minimum Gasteiger partial charge on any atom is -0.331 e. The highest BCUT2D eigenvalue weighted by atomic mass is 35.5.